The van der Waals surface area contributed by atoms with Crippen LogP contribution in [-0.2, 0) is 41.9 Å². The Morgan fingerprint density at radius 3 is 1.34 bits per heavy atom. The number of amides is 6. The topological polar surface area (TPSA) is 112 Å². The molecule has 3 aliphatic heterocycles. The van der Waals surface area contributed by atoms with Crippen LogP contribution in [0.25, 0.3) is 0 Å². The lowest BCUT2D eigenvalue weighted by atomic mass is 10.0. The Morgan fingerprint density at radius 1 is 0.594 bits per heavy atom. The van der Waals surface area contributed by atoms with Crippen LogP contribution in [0, 0.1) is 0 Å². The number of carbonyl (C=O) groups excluding carboxylic acids is 6. The van der Waals surface area contributed by atoms with E-state index in [1.165, 1.54) is 39.0 Å². The molecule has 32 heavy (non-hydrogen) atoms. The van der Waals surface area contributed by atoms with E-state index in [0.29, 0.717) is 11.1 Å². The molecule has 0 fully saturated rings. The molecule has 4 rings (SSSR count). The lowest BCUT2D eigenvalue weighted by Crippen LogP contribution is -2.36. The number of carbonyl (C=O) groups is 6. The predicted molar refractivity (Wildman–Crippen MR) is 111 cm³/mol. The Labute approximate surface area is 183 Å². The summed E-state index contributed by atoms with van der Waals surface area (Å²) in [6, 6.07) is 4.81. The summed E-state index contributed by atoms with van der Waals surface area (Å²) in [6.45, 7) is 4.20. The van der Waals surface area contributed by atoms with Gasteiger partial charge in [0.15, 0.2) is 0 Å². The quantitative estimate of drug-likeness (QED) is 0.644. The van der Waals surface area contributed by atoms with Crippen molar-refractivity contribution in [2.75, 3.05) is 4.90 Å². The Bertz CT molecular complexity index is 1170. The number of hydrogen-bond donors (Lipinski definition) is 0. The van der Waals surface area contributed by atoms with Crippen LogP contribution in [0.3, 0.4) is 0 Å². The molecule has 0 radical (unpaired) electrons. The van der Waals surface area contributed by atoms with E-state index in [-0.39, 0.29) is 35.5 Å². The molecule has 162 valence electrons. The highest BCUT2D eigenvalue weighted by molar-refractivity contribution is 6.31. The SMILES string of the molecule is CC1=CC(=O)N(Cc2cccc(CN3C(=O)C=C(C)C3=O)c2N2C(=O)C=C(C)C2=O)C1=O. The van der Waals surface area contributed by atoms with Crippen LogP contribution in [0.4, 0.5) is 5.69 Å². The third-order valence-corrected chi connectivity index (χ3v) is 5.56. The summed E-state index contributed by atoms with van der Waals surface area (Å²) in [5.74, 6) is -3.06. The minimum Gasteiger partial charge on any atom is -0.271 e. The van der Waals surface area contributed by atoms with Gasteiger partial charge in [0, 0.05) is 34.9 Å². The molecule has 0 aromatic heterocycles. The molecule has 0 N–H and O–H groups in total. The number of benzene rings is 1. The molecule has 3 heterocycles. The molecule has 0 unspecified atom stereocenters. The maximum atomic E-state index is 12.8. The number of hydrogen-bond acceptors (Lipinski definition) is 6. The summed E-state index contributed by atoms with van der Waals surface area (Å²) < 4.78 is 0. The Balaban J connectivity index is 1.78. The van der Waals surface area contributed by atoms with Crippen molar-refractivity contribution in [1.29, 1.82) is 0 Å². The first-order chi connectivity index (χ1) is 15.1. The lowest BCUT2D eigenvalue weighted by molar-refractivity contribution is -0.139. The van der Waals surface area contributed by atoms with E-state index in [1.54, 1.807) is 18.2 Å². The zero-order chi connectivity index (χ0) is 23.3. The Hall–Kier alpha value is -4.14. The van der Waals surface area contributed by atoms with Crippen molar-refractivity contribution in [2.45, 2.75) is 33.9 Å². The molecular weight excluding hydrogens is 414 g/mol. The first-order valence-corrected chi connectivity index (χ1v) is 9.86. The van der Waals surface area contributed by atoms with Crippen LogP contribution in [0.2, 0.25) is 0 Å². The van der Waals surface area contributed by atoms with Gasteiger partial charge in [-0.1, -0.05) is 18.2 Å². The molecule has 9 nitrogen and oxygen atoms in total. The summed E-state index contributed by atoms with van der Waals surface area (Å²) >= 11 is 0. The van der Waals surface area contributed by atoms with Crippen LogP contribution in [0.5, 0.6) is 0 Å². The fourth-order valence-electron chi connectivity index (χ4n) is 3.90. The highest BCUT2D eigenvalue weighted by Crippen LogP contribution is 2.33. The molecule has 3 aliphatic rings. The van der Waals surface area contributed by atoms with E-state index in [1.807, 2.05) is 0 Å². The average molecular weight is 433 g/mol. The van der Waals surface area contributed by atoms with E-state index in [2.05, 4.69) is 0 Å². The minimum atomic E-state index is -0.581. The maximum absolute atomic E-state index is 12.8. The highest BCUT2D eigenvalue weighted by atomic mass is 16.2. The van der Waals surface area contributed by atoms with Crippen LogP contribution in [0.1, 0.15) is 31.9 Å². The van der Waals surface area contributed by atoms with Crippen LogP contribution < -0.4 is 4.90 Å². The second-order valence-electron chi connectivity index (χ2n) is 7.84. The molecule has 0 spiro atoms. The molecule has 0 saturated carbocycles. The average Bonchev–Trinajstić information content (AvgIpc) is 3.23. The zero-order valence-electron chi connectivity index (χ0n) is 17.7. The van der Waals surface area contributed by atoms with E-state index in [0.717, 1.165) is 14.7 Å². The van der Waals surface area contributed by atoms with Gasteiger partial charge in [-0.25, -0.2) is 4.90 Å². The molecule has 9 heteroatoms. The first kappa shape index (κ1) is 21.1. The fourth-order valence-corrected chi connectivity index (χ4v) is 3.90. The van der Waals surface area contributed by atoms with E-state index >= 15 is 0 Å². The summed E-state index contributed by atoms with van der Waals surface area (Å²) in [5.41, 5.74) is 1.68. The number of para-hydroxylation sites is 1. The van der Waals surface area contributed by atoms with Crippen molar-refractivity contribution in [3.63, 3.8) is 0 Å². The van der Waals surface area contributed by atoms with Crippen molar-refractivity contribution in [2.24, 2.45) is 0 Å². The maximum Gasteiger partial charge on any atom is 0.261 e. The molecule has 0 saturated heterocycles. The third-order valence-electron chi connectivity index (χ3n) is 5.56. The molecule has 0 atom stereocenters. The predicted octanol–water partition coefficient (Wildman–Crippen LogP) is 1.14. The van der Waals surface area contributed by atoms with Gasteiger partial charge in [0.1, 0.15) is 0 Å². The summed E-state index contributed by atoms with van der Waals surface area (Å²) in [5, 5.41) is 0. The molecule has 1 aromatic carbocycles. The van der Waals surface area contributed by atoms with Gasteiger partial charge < -0.3 is 0 Å². The standard InChI is InChI=1S/C23H19N3O6/c1-12-7-17(27)24(21(12)30)10-15-5-4-6-16(11-25-18(28)8-13(2)22(25)31)20(15)26-19(29)9-14(3)23(26)32/h4-9H,10-11H2,1-3H3. The van der Waals surface area contributed by atoms with E-state index in [4.69, 9.17) is 0 Å². The van der Waals surface area contributed by atoms with Gasteiger partial charge in [0.2, 0.25) is 0 Å². The smallest absolute Gasteiger partial charge is 0.261 e. The van der Waals surface area contributed by atoms with Gasteiger partial charge in [-0.3, -0.25) is 38.6 Å². The van der Waals surface area contributed by atoms with Crippen LogP contribution in [0.15, 0.2) is 53.1 Å². The normalized spacial score (nSPS) is 18.8. The monoisotopic (exact) mass is 433 g/mol. The lowest BCUT2D eigenvalue weighted by Gasteiger charge is -2.26. The van der Waals surface area contributed by atoms with Crippen molar-refractivity contribution < 1.29 is 28.8 Å². The summed E-state index contributed by atoms with van der Waals surface area (Å²) in [7, 11) is 0. The molecule has 0 bridgehead atoms. The largest absolute Gasteiger partial charge is 0.271 e. The third kappa shape index (κ3) is 3.27. The zero-order valence-corrected chi connectivity index (χ0v) is 17.7. The van der Waals surface area contributed by atoms with Gasteiger partial charge in [-0.15, -0.1) is 0 Å². The van der Waals surface area contributed by atoms with E-state index in [9.17, 15) is 28.8 Å². The minimum absolute atomic E-state index is 0.158. The van der Waals surface area contributed by atoms with Crippen LogP contribution >= 0.6 is 0 Å². The van der Waals surface area contributed by atoms with Gasteiger partial charge >= 0.3 is 0 Å². The number of nitrogens with zero attached hydrogens (tertiary/aromatic N) is 3. The molecular formula is C23H19N3O6. The summed E-state index contributed by atoms with van der Waals surface area (Å²) in [4.78, 5) is 77.7. The van der Waals surface area contributed by atoms with Crippen molar-refractivity contribution in [1.82, 2.24) is 9.80 Å². The summed E-state index contributed by atoms with van der Waals surface area (Å²) in [6.07, 6.45) is 3.64. The van der Waals surface area contributed by atoms with Gasteiger partial charge in [0.05, 0.1) is 18.8 Å². The molecule has 6 amide bonds. The second-order valence-corrected chi connectivity index (χ2v) is 7.84. The molecule has 1 aromatic rings. The number of rotatable bonds is 5. The Kier molecular flexibility index (Phi) is 4.96. The van der Waals surface area contributed by atoms with E-state index < -0.39 is 35.4 Å². The van der Waals surface area contributed by atoms with Crippen molar-refractivity contribution in [3.8, 4) is 0 Å². The van der Waals surface area contributed by atoms with Crippen molar-refractivity contribution >= 4 is 41.1 Å². The fraction of sp³-hybridized carbons (Fsp3) is 0.217. The van der Waals surface area contributed by atoms with Crippen LogP contribution in [-0.4, -0.2) is 45.2 Å². The van der Waals surface area contributed by atoms with Gasteiger partial charge in [-0.05, 0) is 31.9 Å². The number of anilines is 1. The van der Waals surface area contributed by atoms with Gasteiger partial charge in [0.25, 0.3) is 35.4 Å². The number of imide groups is 3. The van der Waals surface area contributed by atoms with Gasteiger partial charge in [-0.2, -0.15) is 0 Å². The Morgan fingerprint density at radius 2 is 1.00 bits per heavy atom. The molecule has 0 aliphatic carbocycles. The highest BCUT2D eigenvalue weighted by Gasteiger charge is 2.37. The first-order valence-electron chi connectivity index (χ1n) is 9.86. The van der Waals surface area contributed by atoms with Crippen molar-refractivity contribution in [3.05, 3.63) is 64.3 Å². The second kappa shape index (κ2) is 7.52.